The van der Waals surface area contributed by atoms with E-state index in [0.29, 0.717) is 19.7 Å². The highest BCUT2D eigenvalue weighted by atomic mass is 16.5. The quantitative estimate of drug-likeness (QED) is 0.623. The number of hydrogen-bond donors (Lipinski definition) is 1. The fourth-order valence-corrected chi connectivity index (χ4v) is 1.44. The van der Waals surface area contributed by atoms with Crippen LogP contribution in [0.3, 0.4) is 0 Å². The predicted molar refractivity (Wildman–Crippen MR) is 49.5 cm³/mol. The van der Waals surface area contributed by atoms with Crippen LogP contribution in [-0.2, 0) is 4.74 Å². The number of amides is 2. The lowest BCUT2D eigenvalue weighted by Gasteiger charge is -2.33. The second-order valence-corrected chi connectivity index (χ2v) is 3.54. The Morgan fingerprint density at radius 2 is 2.38 bits per heavy atom. The number of morpholine rings is 1. The van der Waals surface area contributed by atoms with Gasteiger partial charge in [-0.15, -0.1) is 0 Å². The molecule has 76 valence electrons. The average Bonchev–Trinajstić information content (AvgIpc) is 2.03. The molecule has 1 heterocycles. The molecule has 0 bridgehead atoms. The van der Waals surface area contributed by atoms with E-state index in [1.807, 2.05) is 19.0 Å². The van der Waals surface area contributed by atoms with Gasteiger partial charge in [-0.2, -0.15) is 0 Å². The summed E-state index contributed by atoms with van der Waals surface area (Å²) in [6.45, 7) is 2.62. The van der Waals surface area contributed by atoms with Gasteiger partial charge in [0, 0.05) is 19.6 Å². The fourth-order valence-electron chi connectivity index (χ4n) is 1.44. The third kappa shape index (κ3) is 3.20. The van der Waals surface area contributed by atoms with Gasteiger partial charge in [-0.25, -0.2) is 4.79 Å². The second-order valence-electron chi connectivity index (χ2n) is 3.54. The minimum absolute atomic E-state index is 0.0937. The Balaban J connectivity index is 2.37. The van der Waals surface area contributed by atoms with Gasteiger partial charge in [0.05, 0.1) is 12.7 Å². The monoisotopic (exact) mass is 187 g/mol. The molecule has 0 aliphatic carbocycles. The van der Waals surface area contributed by atoms with Crippen LogP contribution in [0.4, 0.5) is 4.79 Å². The number of primary amides is 1. The van der Waals surface area contributed by atoms with Crippen LogP contribution in [0.2, 0.25) is 0 Å². The van der Waals surface area contributed by atoms with E-state index in [0.717, 1.165) is 6.54 Å². The first kappa shape index (κ1) is 10.3. The first-order valence-corrected chi connectivity index (χ1v) is 4.40. The maximum Gasteiger partial charge on any atom is 0.314 e. The lowest BCUT2D eigenvalue weighted by molar-refractivity contribution is -0.0234. The SMILES string of the molecule is CN(C)CC1CN(C(N)=O)CCO1. The second kappa shape index (κ2) is 4.43. The van der Waals surface area contributed by atoms with Crippen LogP contribution in [0, 0.1) is 0 Å². The molecule has 0 spiro atoms. The zero-order valence-electron chi connectivity index (χ0n) is 8.19. The number of carbonyl (C=O) groups is 1. The number of urea groups is 1. The van der Waals surface area contributed by atoms with Crippen molar-refractivity contribution in [2.45, 2.75) is 6.10 Å². The zero-order chi connectivity index (χ0) is 9.84. The molecular formula is C8H17N3O2. The highest BCUT2D eigenvalue weighted by molar-refractivity contribution is 5.72. The zero-order valence-corrected chi connectivity index (χ0v) is 8.19. The van der Waals surface area contributed by atoms with Gasteiger partial charge in [-0.1, -0.05) is 0 Å². The van der Waals surface area contributed by atoms with E-state index in [1.54, 1.807) is 4.90 Å². The van der Waals surface area contributed by atoms with Crippen molar-refractivity contribution in [2.24, 2.45) is 5.73 Å². The van der Waals surface area contributed by atoms with Crippen LogP contribution in [0.5, 0.6) is 0 Å². The Morgan fingerprint density at radius 3 is 2.92 bits per heavy atom. The van der Waals surface area contributed by atoms with Crippen LogP contribution >= 0.6 is 0 Å². The third-order valence-corrected chi connectivity index (χ3v) is 2.02. The first-order chi connectivity index (χ1) is 6.09. The van der Waals surface area contributed by atoms with Crippen molar-refractivity contribution in [3.8, 4) is 0 Å². The summed E-state index contributed by atoms with van der Waals surface area (Å²) in [5.41, 5.74) is 5.18. The summed E-state index contributed by atoms with van der Waals surface area (Å²) in [5.74, 6) is 0. The molecule has 1 atom stereocenters. The standard InChI is InChI=1S/C8H17N3O2/c1-10(2)5-7-6-11(8(9)12)3-4-13-7/h7H,3-6H2,1-2H3,(H2,9,12). The number of hydrogen-bond acceptors (Lipinski definition) is 3. The van der Waals surface area contributed by atoms with Crippen LogP contribution < -0.4 is 5.73 Å². The summed E-state index contributed by atoms with van der Waals surface area (Å²) in [6.07, 6.45) is 0.0937. The van der Waals surface area contributed by atoms with Crippen LogP contribution in [0.1, 0.15) is 0 Å². The minimum Gasteiger partial charge on any atom is -0.373 e. The molecule has 1 saturated heterocycles. The van der Waals surface area contributed by atoms with Gasteiger partial charge in [0.1, 0.15) is 0 Å². The summed E-state index contributed by atoms with van der Waals surface area (Å²) >= 11 is 0. The van der Waals surface area contributed by atoms with Crippen LogP contribution in [0.25, 0.3) is 0 Å². The average molecular weight is 187 g/mol. The maximum absolute atomic E-state index is 10.9. The lowest BCUT2D eigenvalue weighted by atomic mass is 10.2. The normalized spacial score (nSPS) is 23.6. The predicted octanol–water partition coefficient (Wildman–Crippen LogP) is -0.672. The van der Waals surface area contributed by atoms with Gasteiger partial charge >= 0.3 is 6.03 Å². The number of nitrogens with two attached hydrogens (primary N) is 1. The Hall–Kier alpha value is -0.810. The molecule has 2 N–H and O–H groups in total. The van der Waals surface area contributed by atoms with Crippen molar-refractivity contribution in [1.29, 1.82) is 0 Å². The van der Waals surface area contributed by atoms with Crippen molar-refractivity contribution in [3.05, 3.63) is 0 Å². The molecule has 2 amide bonds. The topological polar surface area (TPSA) is 58.8 Å². The van der Waals surface area contributed by atoms with E-state index in [9.17, 15) is 4.79 Å². The molecule has 1 aliphatic heterocycles. The number of ether oxygens (including phenoxy) is 1. The molecule has 0 radical (unpaired) electrons. The lowest BCUT2D eigenvalue weighted by Crippen LogP contribution is -2.50. The molecule has 0 aromatic heterocycles. The maximum atomic E-state index is 10.9. The van der Waals surface area contributed by atoms with E-state index < -0.39 is 0 Å². The largest absolute Gasteiger partial charge is 0.373 e. The Bertz CT molecular complexity index is 184. The van der Waals surface area contributed by atoms with E-state index in [1.165, 1.54) is 0 Å². The highest BCUT2D eigenvalue weighted by Gasteiger charge is 2.22. The fraction of sp³-hybridized carbons (Fsp3) is 0.875. The number of carbonyl (C=O) groups excluding carboxylic acids is 1. The smallest absolute Gasteiger partial charge is 0.314 e. The molecule has 0 saturated carbocycles. The van der Waals surface area contributed by atoms with Gasteiger partial charge in [0.15, 0.2) is 0 Å². The Kier molecular flexibility index (Phi) is 3.50. The summed E-state index contributed by atoms with van der Waals surface area (Å²) in [5, 5.41) is 0. The molecule has 13 heavy (non-hydrogen) atoms. The first-order valence-electron chi connectivity index (χ1n) is 4.40. The van der Waals surface area contributed by atoms with Gasteiger partial charge in [0.2, 0.25) is 0 Å². The van der Waals surface area contributed by atoms with Crippen molar-refractivity contribution >= 4 is 6.03 Å². The highest BCUT2D eigenvalue weighted by Crippen LogP contribution is 2.05. The molecule has 0 aromatic carbocycles. The molecule has 1 rings (SSSR count). The van der Waals surface area contributed by atoms with E-state index in [2.05, 4.69) is 0 Å². The molecule has 1 aliphatic rings. The van der Waals surface area contributed by atoms with E-state index >= 15 is 0 Å². The van der Waals surface area contributed by atoms with Gasteiger partial charge in [-0.3, -0.25) is 0 Å². The Labute approximate surface area is 78.4 Å². The third-order valence-electron chi connectivity index (χ3n) is 2.02. The summed E-state index contributed by atoms with van der Waals surface area (Å²) in [7, 11) is 3.96. The van der Waals surface area contributed by atoms with Crippen molar-refractivity contribution in [3.63, 3.8) is 0 Å². The van der Waals surface area contributed by atoms with Crippen LogP contribution in [-0.4, -0.2) is 62.3 Å². The van der Waals surface area contributed by atoms with Crippen molar-refractivity contribution in [2.75, 3.05) is 40.3 Å². The number of rotatable bonds is 2. The van der Waals surface area contributed by atoms with E-state index in [-0.39, 0.29) is 12.1 Å². The molecule has 1 unspecified atom stereocenters. The number of nitrogens with zero attached hydrogens (tertiary/aromatic N) is 2. The van der Waals surface area contributed by atoms with E-state index in [4.69, 9.17) is 10.5 Å². The molecule has 0 aromatic rings. The Morgan fingerprint density at radius 1 is 1.69 bits per heavy atom. The molecule has 1 fully saturated rings. The van der Waals surface area contributed by atoms with Crippen molar-refractivity contribution < 1.29 is 9.53 Å². The number of likely N-dealkylation sites (N-methyl/N-ethyl adjacent to an activating group) is 1. The summed E-state index contributed by atoms with van der Waals surface area (Å²) in [6, 6.07) is -0.355. The molecular weight excluding hydrogens is 170 g/mol. The van der Waals surface area contributed by atoms with Crippen LogP contribution in [0.15, 0.2) is 0 Å². The molecule has 5 nitrogen and oxygen atoms in total. The van der Waals surface area contributed by atoms with Gasteiger partial charge in [0.25, 0.3) is 0 Å². The molecule has 5 heteroatoms. The summed E-state index contributed by atoms with van der Waals surface area (Å²) < 4.78 is 5.48. The van der Waals surface area contributed by atoms with Gasteiger partial charge < -0.3 is 20.3 Å². The van der Waals surface area contributed by atoms with Crippen molar-refractivity contribution in [1.82, 2.24) is 9.80 Å². The van der Waals surface area contributed by atoms with Gasteiger partial charge in [-0.05, 0) is 14.1 Å². The minimum atomic E-state index is -0.355. The summed E-state index contributed by atoms with van der Waals surface area (Å²) in [4.78, 5) is 14.5.